The number of benzene rings is 1. The van der Waals surface area contributed by atoms with Gasteiger partial charge in [-0.25, -0.2) is 24.6 Å². The number of nitrogens with zero attached hydrogens (tertiary/aromatic N) is 3. The Hall–Kier alpha value is -2.54. The van der Waals surface area contributed by atoms with Gasteiger partial charge in [0.25, 0.3) is 0 Å². The summed E-state index contributed by atoms with van der Waals surface area (Å²) in [4.78, 5) is 4.15. The monoisotopic (exact) mass is 470 g/mol. The molecule has 6 N–H and O–H groups in total. The van der Waals surface area contributed by atoms with Gasteiger partial charge in [-0.15, -0.1) is 0 Å². The molecule has 1 saturated heterocycles. The smallest absolute Gasteiger partial charge is 0.166 e. The maximum atomic E-state index is 13.9. The Bertz CT molecular complexity index is 1080. The van der Waals surface area contributed by atoms with Gasteiger partial charge < -0.3 is 10.5 Å². The summed E-state index contributed by atoms with van der Waals surface area (Å²) in [5.41, 5.74) is 18.8. The molecule has 31 heavy (non-hydrogen) atoms. The number of hydrogen-bond donors (Lipinski definition) is 5. The molecule has 0 radical (unpaired) electrons. The second-order valence-corrected chi connectivity index (χ2v) is 7.55. The molecule has 0 spiro atoms. The molecule has 2 aromatic heterocycles. The van der Waals surface area contributed by atoms with Gasteiger partial charge >= 0.3 is 0 Å². The Morgan fingerprint density at radius 1 is 1.13 bits per heavy atom. The summed E-state index contributed by atoms with van der Waals surface area (Å²) in [7, 11) is 0. The third-order valence-corrected chi connectivity index (χ3v) is 5.40. The van der Waals surface area contributed by atoms with E-state index in [1.807, 2.05) is 6.20 Å². The summed E-state index contributed by atoms with van der Waals surface area (Å²) < 4.78 is 35.3. The molecule has 1 fully saturated rings. The number of halogens is 4. The van der Waals surface area contributed by atoms with E-state index in [9.17, 15) is 8.78 Å². The summed E-state index contributed by atoms with van der Waals surface area (Å²) >= 11 is 12.0. The van der Waals surface area contributed by atoms with Crippen LogP contribution in [0.3, 0.4) is 0 Å². The Labute approximate surface area is 185 Å². The van der Waals surface area contributed by atoms with Gasteiger partial charge in [-0.1, -0.05) is 23.2 Å². The molecular formula is C18H18Cl2F2N8O. The molecular weight excluding hydrogens is 453 g/mol. The maximum absolute atomic E-state index is 13.9. The van der Waals surface area contributed by atoms with Crippen LogP contribution in [-0.4, -0.2) is 20.9 Å². The SMILES string of the molecule is CC(Oc1cc(-c2cnn(CC3NNNN3)c2)cnc1N)c1c(Cl)c(F)cc(F)c1Cl. The summed E-state index contributed by atoms with van der Waals surface area (Å²) in [6, 6.07) is 2.28. The molecule has 0 bridgehead atoms. The minimum Gasteiger partial charge on any atom is -0.482 e. The lowest BCUT2D eigenvalue weighted by Crippen LogP contribution is -2.37. The molecule has 164 valence electrons. The Kier molecular flexibility index (Phi) is 6.23. The molecule has 4 rings (SSSR count). The van der Waals surface area contributed by atoms with E-state index < -0.39 is 17.7 Å². The van der Waals surface area contributed by atoms with Crippen molar-refractivity contribution in [2.75, 3.05) is 5.73 Å². The average Bonchev–Trinajstić information content (AvgIpc) is 3.41. The highest BCUT2D eigenvalue weighted by Gasteiger charge is 2.23. The van der Waals surface area contributed by atoms with E-state index in [1.54, 1.807) is 30.1 Å². The Morgan fingerprint density at radius 3 is 2.48 bits per heavy atom. The number of ether oxygens (including phenoxy) is 1. The zero-order chi connectivity index (χ0) is 22.1. The van der Waals surface area contributed by atoms with E-state index in [4.69, 9.17) is 33.7 Å². The standard InChI is InChI=1S/C18H18Cl2F2N8O/c1-8(15-16(19)11(21)3-12(22)17(15)20)31-13-2-9(4-24-18(13)23)10-5-25-30(6-10)7-14-26-28-29-27-14/h2-6,8,14,26-29H,7H2,1H3,(H2,23,24). The molecule has 1 aliphatic heterocycles. The van der Waals surface area contributed by atoms with E-state index in [0.29, 0.717) is 18.2 Å². The average molecular weight is 471 g/mol. The Balaban J connectivity index is 1.57. The topological polar surface area (TPSA) is 114 Å². The van der Waals surface area contributed by atoms with Crippen molar-refractivity contribution < 1.29 is 13.5 Å². The predicted octanol–water partition coefficient (Wildman–Crippen LogP) is 2.70. The van der Waals surface area contributed by atoms with Gasteiger partial charge in [0, 0.05) is 35.2 Å². The first-order chi connectivity index (χ1) is 14.8. The number of anilines is 1. The fourth-order valence-electron chi connectivity index (χ4n) is 3.08. The van der Waals surface area contributed by atoms with Crippen LogP contribution < -0.4 is 32.4 Å². The van der Waals surface area contributed by atoms with Crippen LogP contribution in [0.2, 0.25) is 10.0 Å². The normalized spacial score (nSPS) is 15.4. The van der Waals surface area contributed by atoms with Crippen LogP contribution in [0.5, 0.6) is 5.75 Å². The minimum absolute atomic E-state index is 0.0164. The first-order valence-electron chi connectivity index (χ1n) is 9.12. The third-order valence-electron chi connectivity index (χ3n) is 4.63. The molecule has 0 amide bonds. The fourth-order valence-corrected chi connectivity index (χ4v) is 3.73. The number of pyridine rings is 1. The second kappa shape index (κ2) is 8.91. The summed E-state index contributed by atoms with van der Waals surface area (Å²) in [5, 5.41) is 3.69. The molecule has 3 heterocycles. The number of aromatic nitrogens is 3. The molecule has 1 atom stereocenters. The summed E-state index contributed by atoms with van der Waals surface area (Å²) in [6.45, 7) is 2.10. The fraction of sp³-hybridized carbons (Fsp3) is 0.222. The maximum Gasteiger partial charge on any atom is 0.166 e. The zero-order valence-electron chi connectivity index (χ0n) is 16.1. The van der Waals surface area contributed by atoms with Crippen molar-refractivity contribution in [1.82, 2.24) is 36.7 Å². The van der Waals surface area contributed by atoms with Gasteiger partial charge in [0.1, 0.15) is 23.9 Å². The zero-order valence-corrected chi connectivity index (χ0v) is 17.6. The minimum atomic E-state index is -0.932. The van der Waals surface area contributed by atoms with Crippen molar-refractivity contribution in [3.8, 4) is 16.9 Å². The van der Waals surface area contributed by atoms with Crippen LogP contribution in [0, 0.1) is 11.6 Å². The quantitative estimate of drug-likeness (QED) is 0.349. The predicted molar refractivity (Wildman–Crippen MR) is 112 cm³/mol. The van der Waals surface area contributed by atoms with E-state index in [-0.39, 0.29) is 33.3 Å². The molecule has 3 aromatic rings. The molecule has 0 saturated carbocycles. The van der Waals surface area contributed by atoms with Crippen molar-refractivity contribution in [3.63, 3.8) is 0 Å². The van der Waals surface area contributed by atoms with E-state index in [1.165, 1.54) is 0 Å². The van der Waals surface area contributed by atoms with Gasteiger partial charge in [-0.2, -0.15) is 16.2 Å². The lowest BCUT2D eigenvalue weighted by molar-refractivity contribution is 0.227. The highest BCUT2D eigenvalue weighted by molar-refractivity contribution is 6.36. The number of hydrogen-bond acceptors (Lipinski definition) is 8. The van der Waals surface area contributed by atoms with Crippen LogP contribution >= 0.6 is 23.2 Å². The number of hydrazine groups is 3. The molecule has 1 unspecified atom stereocenters. The van der Waals surface area contributed by atoms with Crippen molar-refractivity contribution in [2.45, 2.75) is 25.7 Å². The first-order valence-corrected chi connectivity index (χ1v) is 9.88. The largest absolute Gasteiger partial charge is 0.482 e. The summed E-state index contributed by atoms with van der Waals surface area (Å²) in [6.07, 6.45) is 4.12. The molecule has 0 aliphatic carbocycles. The molecule has 1 aliphatic rings. The van der Waals surface area contributed by atoms with E-state index in [2.05, 4.69) is 32.0 Å². The van der Waals surface area contributed by atoms with E-state index in [0.717, 1.165) is 5.56 Å². The number of nitrogens with one attached hydrogen (secondary N) is 4. The van der Waals surface area contributed by atoms with Crippen LogP contribution in [-0.2, 0) is 6.54 Å². The van der Waals surface area contributed by atoms with Crippen LogP contribution in [0.15, 0.2) is 30.7 Å². The molecule has 9 nitrogen and oxygen atoms in total. The van der Waals surface area contributed by atoms with Crippen molar-refractivity contribution in [2.24, 2.45) is 0 Å². The summed E-state index contributed by atoms with van der Waals surface area (Å²) in [5.74, 6) is -1.55. The first kappa shape index (κ1) is 21.7. The number of nitrogen functional groups attached to an aromatic ring is 1. The molecule has 1 aromatic carbocycles. The van der Waals surface area contributed by atoms with Crippen LogP contribution in [0.4, 0.5) is 14.6 Å². The van der Waals surface area contributed by atoms with Crippen LogP contribution in [0.25, 0.3) is 11.1 Å². The Morgan fingerprint density at radius 2 is 1.81 bits per heavy atom. The highest BCUT2D eigenvalue weighted by Crippen LogP contribution is 2.38. The third kappa shape index (κ3) is 4.56. The van der Waals surface area contributed by atoms with Crippen LogP contribution in [0.1, 0.15) is 18.6 Å². The lowest BCUT2D eigenvalue weighted by atomic mass is 10.1. The second-order valence-electron chi connectivity index (χ2n) is 6.79. The molecule has 13 heteroatoms. The van der Waals surface area contributed by atoms with Crippen molar-refractivity contribution in [1.29, 1.82) is 0 Å². The lowest BCUT2D eigenvalue weighted by Gasteiger charge is -2.19. The van der Waals surface area contributed by atoms with E-state index >= 15 is 0 Å². The van der Waals surface area contributed by atoms with Crippen molar-refractivity contribution in [3.05, 3.63) is 58.0 Å². The number of nitrogens with two attached hydrogens (primary N) is 1. The van der Waals surface area contributed by atoms with Gasteiger partial charge in [-0.3, -0.25) is 4.68 Å². The van der Waals surface area contributed by atoms with Gasteiger partial charge in [-0.05, 0) is 13.0 Å². The van der Waals surface area contributed by atoms with Gasteiger partial charge in [0.15, 0.2) is 11.6 Å². The van der Waals surface area contributed by atoms with Gasteiger partial charge in [0.2, 0.25) is 0 Å². The van der Waals surface area contributed by atoms with Crippen molar-refractivity contribution >= 4 is 29.0 Å². The van der Waals surface area contributed by atoms with Gasteiger partial charge in [0.05, 0.1) is 22.8 Å². The highest BCUT2D eigenvalue weighted by atomic mass is 35.5. The number of rotatable bonds is 6.